The highest BCUT2D eigenvalue weighted by molar-refractivity contribution is 5.73. The number of nitro groups is 1. The van der Waals surface area contributed by atoms with Crippen LogP contribution in [0.5, 0.6) is 0 Å². The molecule has 1 rings (SSSR count). The van der Waals surface area contributed by atoms with Crippen LogP contribution in [0, 0.1) is 10.1 Å². The molecule has 7 heteroatoms. The molecule has 0 amide bonds. The maximum Gasteiger partial charge on any atom is 0.334 e. The van der Waals surface area contributed by atoms with Crippen LogP contribution in [0.3, 0.4) is 0 Å². The molecular weight excluding hydrogens is 216 g/mol. The number of carboxylic acids is 1. The Morgan fingerprint density at radius 1 is 1.44 bits per heavy atom. The lowest BCUT2D eigenvalue weighted by Crippen LogP contribution is -2.33. The van der Waals surface area contributed by atoms with Crippen molar-refractivity contribution in [3.05, 3.63) is 39.9 Å². The normalized spacial score (nSPS) is 14.1. The van der Waals surface area contributed by atoms with Crippen LogP contribution in [0.2, 0.25) is 0 Å². The first-order valence-electron chi connectivity index (χ1n) is 4.35. The second-order valence-corrected chi connectivity index (χ2v) is 3.12. The van der Waals surface area contributed by atoms with E-state index >= 15 is 0 Å². The molecule has 0 aliphatic carbocycles. The van der Waals surface area contributed by atoms with E-state index in [1.165, 1.54) is 24.3 Å². The lowest BCUT2D eigenvalue weighted by atomic mass is 10.0. The quantitative estimate of drug-likeness (QED) is 0.491. The summed E-state index contributed by atoms with van der Waals surface area (Å²) in [7, 11) is 0. The molecule has 0 aromatic heterocycles. The van der Waals surface area contributed by atoms with Crippen molar-refractivity contribution in [3.8, 4) is 0 Å². The van der Waals surface area contributed by atoms with Gasteiger partial charge in [-0.1, -0.05) is 18.2 Å². The summed E-state index contributed by atoms with van der Waals surface area (Å²) in [6.07, 6.45) is -1.87. The Hall–Kier alpha value is -1.99. The van der Waals surface area contributed by atoms with Crippen molar-refractivity contribution in [2.24, 2.45) is 5.73 Å². The first kappa shape index (κ1) is 12.1. The van der Waals surface area contributed by atoms with Crippen LogP contribution in [0.25, 0.3) is 0 Å². The summed E-state index contributed by atoms with van der Waals surface area (Å²) >= 11 is 0. The number of carbonyl (C=O) groups is 1. The van der Waals surface area contributed by atoms with E-state index in [-0.39, 0.29) is 11.3 Å². The van der Waals surface area contributed by atoms with Crippen LogP contribution >= 0.6 is 0 Å². The van der Waals surface area contributed by atoms with E-state index in [2.05, 4.69) is 0 Å². The molecule has 2 atom stereocenters. The van der Waals surface area contributed by atoms with E-state index in [0.29, 0.717) is 0 Å². The summed E-state index contributed by atoms with van der Waals surface area (Å²) < 4.78 is 0. The number of para-hydroxylation sites is 1. The van der Waals surface area contributed by atoms with Crippen molar-refractivity contribution < 1.29 is 19.9 Å². The first-order valence-corrected chi connectivity index (χ1v) is 4.35. The largest absolute Gasteiger partial charge is 0.479 e. The maximum absolute atomic E-state index is 10.6. The van der Waals surface area contributed by atoms with Gasteiger partial charge >= 0.3 is 5.97 Å². The van der Waals surface area contributed by atoms with E-state index < -0.39 is 23.0 Å². The second-order valence-electron chi connectivity index (χ2n) is 3.12. The SMILES string of the molecule is N[C@@H](c1ccccc1[N+](=O)[O-])[C@H](O)C(=O)O. The highest BCUT2D eigenvalue weighted by atomic mass is 16.6. The number of hydrogen-bond donors (Lipinski definition) is 3. The molecule has 1 aromatic rings. The number of carboxylic acid groups (broad SMARTS) is 1. The zero-order valence-electron chi connectivity index (χ0n) is 8.11. The highest BCUT2D eigenvalue weighted by Crippen LogP contribution is 2.25. The Labute approximate surface area is 90.3 Å². The number of nitro benzene ring substituents is 1. The van der Waals surface area contributed by atoms with Crippen LogP contribution < -0.4 is 5.73 Å². The minimum atomic E-state index is -1.87. The van der Waals surface area contributed by atoms with Gasteiger partial charge in [0.2, 0.25) is 0 Å². The fourth-order valence-corrected chi connectivity index (χ4v) is 1.26. The van der Waals surface area contributed by atoms with E-state index in [0.717, 1.165) is 0 Å². The summed E-state index contributed by atoms with van der Waals surface area (Å²) in [5.41, 5.74) is 5.12. The third-order valence-electron chi connectivity index (χ3n) is 2.09. The van der Waals surface area contributed by atoms with Gasteiger partial charge in [-0.2, -0.15) is 0 Å². The van der Waals surface area contributed by atoms with Crippen molar-refractivity contribution >= 4 is 11.7 Å². The van der Waals surface area contributed by atoms with Gasteiger partial charge in [0.1, 0.15) is 0 Å². The molecule has 0 unspecified atom stereocenters. The lowest BCUT2D eigenvalue weighted by Gasteiger charge is -2.15. The first-order chi connectivity index (χ1) is 7.45. The Balaban J connectivity index is 3.12. The van der Waals surface area contributed by atoms with Crippen molar-refractivity contribution in [1.82, 2.24) is 0 Å². The fourth-order valence-electron chi connectivity index (χ4n) is 1.26. The third kappa shape index (κ3) is 2.33. The smallest absolute Gasteiger partial charge is 0.334 e. The fraction of sp³-hybridized carbons (Fsp3) is 0.222. The second kappa shape index (κ2) is 4.69. The molecule has 0 spiro atoms. The Morgan fingerprint density at radius 3 is 2.50 bits per heavy atom. The Kier molecular flexibility index (Phi) is 3.54. The molecule has 0 bridgehead atoms. The van der Waals surface area contributed by atoms with Gasteiger partial charge in [-0.15, -0.1) is 0 Å². The van der Waals surface area contributed by atoms with E-state index in [4.69, 9.17) is 10.8 Å². The predicted octanol–water partition coefficient (Wildman–Crippen LogP) is 0.0401. The molecule has 0 aliphatic heterocycles. The standard InChI is InChI=1S/C9H10N2O5/c10-7(8(12)9(13)14)5-3-1-2-4-6(5)11(15)16/h1-4,7-8,12H,10H2,(H,13,14)/t7-,8-/m0/s1. The van der Waals surface area contributed by atoms with Crippen molar-refractivity contribution in [2.45, 2.75) is 12.1 Å². The number of nitrogens with zero attached hydrogens (tertiary/aromatic N) is 1. The van der Waals surface area contributed by atoms with E-state index in [1.54, 1.807) is 0 Å². The summed E-state index contributed by atoms with van der Waals surface area (Å²) in [6.45, 7) is 0. The Bertz CT molecular complexity index is 420. The number of hydrogen-bond acceptors (Lipinski definition) is 5. The highest BCUT2D eigenvalue weighted by Gasteiger charge is 2.28. The van der Waals surface area contributed by atoms with Gasteiger partial charge < -0.3 is 15.9 Å². The summed E-state index contributed by atoms with van der Waals surface area (Å²) in [5.74, 6) is -1.52. The predicted molar refractivity (Wildman–Crippen MR) is 53.7 cm³/mol. The van der Waals surface area contributed by atoms with Crippen LogP contribution in [0.15, 0.2) is 24.3 Å². The van der Waals surface area contributed by atoms with Gasteiger partial charge in [0.15, 0.2) is 6.10 Å². The minimum absolute atomic E-state index is 0.0117. The zero-order chi connectivity index (χ0) is 12.3. The molecule has 0 saturated heterocycles. The third-order valence-corrected chi connectivity index (χ3v) is 2.09. The van der Waals surface area contributed by atoms with Gasteiger partial charge in [0.25, 0.3) is 5.69 Å². The molecule has 0 radical (unpaired) electrons. The van der Waals surface area contributed by atoms with Gasteiger partial charge in [-0.3, -0.25) is 10.1 Å². The average Bonchev–Trinajstić information content (AvgIpc) is 2.26. The summed E-state index contributed by atoms with van der Waals surface area (Å²) in [5, 5.41) is 28.4. The summed E-state index contributed by atoms with van der Waals surface area (Å²) in [6, 6.07) is 4.09. The summed E-state index contributed by atoms with van der Waals surface area (Å²) in [4.78, 5) is 20.5. The van der Waals surface area contributed by atoms with Crippen LogP contribution in [0.4, 0.5) is 5.69 Å². The minimum Gasteiger partial charge on any atom is -0.479 e. The number of aliphatic hydroxyl groups is 1. The van der Waals surface area contributed by atoms with Gasteiger partial charge in [0.05, 0.1) is 11.0 Å². The molecule has 7 nitrogen and oxygen atoms in total. The number of aliphatic carboxylic acids is 1. The molecule has 1 aromatic carbocycles. The average molecular weight is 226 g/mol. The molecule has 0 heterocycles. The molecule has 0 aliphatic rings. The molecule has 0 saturated carbocycles. The van der Waals surface area contributed by atoms with Crippen LogP contribution in [-0.2, 0) is 4.79 Å². The van der Waals surface area contributed by atoms with Gasteiger partial charge in [-0.05, 0) is 0 Å². The maximum atomic E-state index is 10.6. The van der Waals surface area contributed by atoms with Gasteiger partial charge in [0, 0.05) is 11.6 Å². The lowest BCUT2D eigenvalue weighted by molar-refractivity contribution is -0.385. The number of aliphatic hydroxyl groups excluding tert-OH is 1. The Morgan fingerprint density at radius 2 is 2.00 bits per heavy atom. The molecule has 86 valence electrons. The number of benzene rings is 1. The van der Waals surface area contributed by atoms with Gasteiger partial charge in [-0.25, -0.2) is 4.79 Å². The van der Waals surface area contributed by atoms with Crippen LogP contribution in [-0.4, -0.2) is 27.2 Å². The molecular formula is C9H10N2O5. The number of nitrogens with two attached hydrogens (primary N) is 1. The van der Waals surface area contributed by atoms with E-state index in [9.17, 15) is 20.0 Å². The van der Waals surface area contributed by atoms with Crippen molar-refractivity contribution in [3.63, 3.8) is 0 Å². The molecule has 0 fully saturated rings. The van der Waals surface area contributed by atoms with Crippen LogP contribution in [0.1, 0.15) is 11.6 Å². The topological polar surface area (TPSA) is 127 Å². The zero-order valence-corrected chi connectivity index (χ0v) is 8.11. The van der Waals surface area contributed by atoms with E-state index in [1.807, 2.05) is 0 Å². The molecule has 16 heavy (non-hydrogen) atoms. The monoisotopic (exact) mass is 226 g/mol. The van der Waals surface area contributed by atoms with Crippen molar-refractivity contribution in [1.29, 1.82) is 0 Å². The number of rotatable bonds is 4. The van der Waals surface area contributed by atoms with Crippen molar-refractivity contribution in [2.75, 3.05) is 0 Å². The molecule has 4 N–H and O–H groups in total.